The van der Waals surface area contributed by atoms with Crippen LogP contribution in [0.15, 0.2) is 60.7 Å². The maximum absolute atomic E-state index is 14.6. The van der Waals surface area contributed by atoms with E-state index in [-0.39, 0.29) is 11.1 Å². The molecule has 4 aromatic heterocycles. The fourth-order valence-corrected chi connectivity index (χ4v) is 18.2. The van der Waals surface area contributed by atoms with Crippen LogP contribution in [0.4, 0.5) is 17.6 Å². The molecule has 0 aliphatic heterocycles. The van der Waals surface area contributed by atoms with Crippen LogP contribution >= 0.6 is 0 Å². The zero-order valence-electron chi connectivity index (χ0n) is 21.6. The summed E-state index contributed by atoms with van der Waals surface area (Å²) in [6.45, 7) is 13.4. The molecule has 192 valence electrons. The van der Waals surface area contributed by atoms with Crippen molar-refractivity contribution in [3.8, 4) is 22.5 Å². The highest BCUT2D eigenvalue weighted by Crippen LogP contribution is 2.47. The third-order valence-corrected chi connectivity index (χ3v) is 16.7. The average Bonchev–Trinajstić information content (AvgIpc) is 2.78. The Labute approximate surface area is 215 Å². The Morgan fingerprint density at radius 3 is 1.22 bits per heavy atom. The highest BCUT2D eigenvalue weighted by Gasteiger charge is 2.57. The third kappa shape index (κ3) is 4.75. The molecule has 0 unspecified atom stereocenters. The summed E-state index contributed by atoms with van der Waals surface area (Å²) in [5, 5.41) is 0. The predicted octanol–water partition coefficient (Wildman–Crippen LogP) is 7.20. The molecular weight excluding hydrogens is 512 g/mol. The topological polar surface area (TPSA) is 51.6 Å². The molecule has 10 heteroatoms. The number of hydrogen-bond donors (Lipinski definition) is 0. The highest BCUT2D eigenvalue weighted by molar-refractivity contribution is 6.99. The molecule has 4 rings (SSSR count). The Bertz CT molecular complexity index is 1350. The van der Waals surface area contributed by atoms with Gasteiger partial charge in [0.2, 0.25) is 23.8 Å². The SMILES string of the molecule is C[Si](C)(C)C(c1cccc(-c2ccc(F)nc2F)n1)(c1cccc(-c2ccc(F)nc2F)n1)[Si](C)(C)C. The smallest absolute Gasteiger partial charge is 0.224 e. The summed E-state index contributed by atoms with van der Waals surface area (Å²) in [5.74, 6) is -3.68. The van der Waals surface area contributed by atoms with E-state index in [1.165, 1.54) is 12.1 Å². The van der Waals surface area contributed by atoms with Crippen LogP contribution in [-0.4, -0.2) is 36.1 Å². The second-order valence-corrected chi connectivity index (χ2v) is 22.0. The van der Waals surface area contributed by atoms with Crippen LogP contribution < -0.4 is 0 Å². The minimum absolute atomic E-state index is 0.101. The molecule has 0 aromatic carbocycles. The largest absolute Gasteiger partial charge is 0.252 e. The van der Waals surface area contributed by atoms with Crippen molar-refractivity contribution in [1.29, 1.82) is 0 Å². The third-order valence-electron chi connectivity index (χ3n) is 6.70. The second-order valence-electron chi connectivity index (χ2n) is 11.0. The lowest BCUT2D eigenvalue weighted by molar-refractivity contribution is 0.514. The van der Waals surface area contributed by atoms with E-state index in [9.17, 15) is 17.6 Å². The zero-order chi connectivity index (χ0) is 27.2. The van der Waals surface area contributed by atoms with Gasteiger partial charge in [0.1, 0.15) is 0 Å². The number of pyridine rings is 4. The van der Waals surface area contributed by atoms with Crippen LogP contribution in [0.25, 0.3) is 22.5 Å². The number of rotatable bonds is 6. The van der Waals surface area contributed by atoms with Crippen molar-refractivity contribution < 1.29 is 17.6 Å². The van der Waals surface area contributed by atoms with Crippen LogP contribution in [0.2, 0.25) is 39.3 Å². The molecule has 37 heavy (non-hydrogen) atoms. The van der Waals surface area contributed by atoms with E-state index in [4.69, 9.17) is 9.97 Å². The van der Waals surface area contributed by atoms with Gasteiger partial charge in [0, 0.05) is 16.0 Å². The lowest BCUT2D eigenvalue weighted by Gasteiger charge is -2.51. The summed E-state index contributed by atoms with van der Waals surface area (Å²) in [5.41, 5.74) is 2.35. The maximum atomic E-state index is 14.6. The van der Waals surface area contributed by atoms with Gasteiger partial charge in [-0.2, -0.15) is 27.5 Å². The van der Waals surface area contributed by atoms with Crippen LogP contribution in [0.1, 0.15) is 11.4 Å². The van der Waals surface area contributed by atoms with Gasteiger partial charge in [0.15, 0.2) is 0 Å². The van der Waals surface area contributed by atoms with Crippen molar-refractivity contribution in [1.82, 2.24) is 19.9 Å². The Hall–Kier alpha value is -3.25. The first kappa shape index (κ1) is 26.8. The van der Waals surface area contributed by atoms with Crippen LogP contribution in [0.5, 0.6) is 0 Å². The number of halogens is 4. The van der Waals surface area contributed by atoms with Gasteiger partial charge in [0.05, 0.1) is 38.7 Å². The van der Waals surface area contributed by atoms with Crippen molar-refractivity contribution >= 4 is 16.1 Å². The molecule has 4 heterocycles. The first-order valence-electron chi connectivity index (χ1n) is 11.9. The van der Waals surface area contributed by atoms with Crippen LogP contribution in [0, 0.1) is 23.8 Å². The molecule has 0 N–H and O–H groups in total. The molecule has 0 spiro atoms. The maximum Gasteiger partial charge on any atom is 0.224 e. The first-order chi connectivity index (χ1) is 17.3. The number of nitrogens with zero attached hydrogens (tertiary/aromatic N) is 4. The van der Waals surface area contributed by atoms with Gasteiger partial charge >= 0.3 is 0 Å². The highest BCUT2D eigenvalue weighted by atomic mass is 28.4. The Kier molecular flexibility index (Phi) is 6.93. The van der Waals surface area contributed by atoms with Gasteiger partial charge < -0.3 is 0 Å². The summed E-state index contributed by atoms with van der Waals surface area (Å²) in [6, 6.07) is 15.7. The fraction of sp³-hybridized carbons (Fsp3) is 0.259. The van der Waals surface area contributed by atoms with Crippen molar-refractivity contribution in [2.45, 2.75) is 43.9 Å². The normalized spacial score (nSPS) is 12.6. The summed E-state index contributed by atoms with van der Waals surface area (Å²) >= 11 is 0. The van der Waals surface area contributed by atoms with Crippen molar-refractivity contribution in [2.24, 2.45) is 0 Å². The molecule has 0 fully saturated rings. The average molecular weight is 541 g/mol. The molecule has 0 radical (unpaired) electrons. The molecule has 0 aliphatic rings. The van der Waals surface area contributed by atoms with E-state index < -0.39 is 44.6 Å². The Balaban J connectivity index is 2.01. The van der Waals surface area contributed by atoms with Gasteiger partial charge in [0.25, 0.3) is 0 Å². The van der Waals surface area contributed by atoms with Gasteiger partial charge in [-0.1, -0.05) is 51.4 Å². The van der Waals surface area contributed by atoms with Gasteiger partial charge in [-0.25, -0.2) is 0 Å². The number of hydrogen-bond acceptors (Lipinski definition) is 4. The zero-order valence-corrected chi connectivity index (χ0v) is 23.6. The lowest BCUT2D eigenvalue weighted by Crippen LogP contribution is -2.65. The summed E-state index contributed by atoms with van der Waals surface area (Å²) in [4.78, 5) is 16.5. The Morgan fingerprint density at radius 2 is 0.892 bits per heavy atom. The van der Waals surface area contributed by atoms with E-state index in [0.29, 0.717) is 11.4 Å². The summed E-state index contributed by atoms with van der Waals surface area (Å²) in [7, 11) is -4.50. The van der Waals surface area contributed by atoms with E-state index >= 15 is 0 Å². The fourth-order valence-electron chi connectivity index (χ4n) is 5.59. The van der Waals surface area contributed by atoms with Gasteiger partial charge in [-0.3, -0.25) is 9.97 Å². The van der Waals surface area contributed by atoms with Crippen LogP contribution in [-0.2, 0) is 4.66 Å². The van der Waals surface area contributed by atoms with E-state index in [2.05, 4.69) is 49.3 Å². The lowest BCUT2D eigenvalue weighted by atomic mass is 10.1. The van der Waals surface area contributed by atoms with E-state index in [0.717, 1.165) is 23.5 Å². The molecule has 0 bridgehead atoms. The van der Waals surface area contributed by atoms with Crippen molar-refractivity contribution in [2.75, 3.05) is 0 Å². The molecule has 0 aliphatic carbocycles. The van der Waals surface area contributed by atoms with E-state index in [1.807, 2.05) is 24.3 Å². The molecular formula is C27H28F4N4Si2. The molecule has 4 nitrogen and oxygen atoms in total. The Morgan fingerprint density at radius 1 is 0.514 bits per heavy atom. The van der Waals surface area contributed by atoms with Crippen molar-refractivity contribution in [3.63, 3.8) is 0 Å². The molecule has 4 aromatic rings. The molecule has 0 saturated heterocycles. The van der Waals surface area contributed by atoms with Crippen LogP contribution in [0.3, 0.4) is 0 Å². The minimum Gasteiger partial charge on any atom is -0.252 e. The summed E-state index contributed by atoms with van der Waals surface area (Å²) < 4.78 is 55.6. The quantitative estimate of drug-likeness (QED) is 0.147. The van der Waals surface area contributed by atoms with Gasteiger partial charge in [-0.15, -0.1) is 0 Å². The predicted molar refractivity (Wildman–Crippen MR) is 142 cm³/mol. The second kappa shape index (κ2) is 9.57. The van der Waals surface area contributed by atoms with Gasteiger partial charge in [-0.05, 0) is 48.5 Å². The van der Waals surface area contributed by atoms with E-state index in [1.54, 1.807) is 12.1 Å². The molecule has 0 saturated carbocycles. The van der Waals surface area contributed by atoms with Crippen molar-refractivity contribution in [3.05, 3.63) is 95.8 Å². The standard InChI is InChI=1S/C27H28F4N4Si2/c1-36(2,3)27(37(4,5)6,21-11-7-9-19(32-21)17-13-15-23(28)34-25(17)30)22-12-8-10-20(33-22)18-14-16-24(29)35-26(18)31/h7-16H,1-6H3. The molecule has 0 atom stereocenters. The molecule has 0 amide bonds. The minimum atomic E-state index is -2.25. The first-order valence-corrected chi connectivity index (χ1v) is 18.9. The summed E-state index contributed by atoms with van der Waals surface area (Å²) in [6.07, 6.45) is 0. The monoisotopic (exact) mass is 540 g/mol. The number of aromatic nitrogens is 4.